The second-order valence-corrected chi connectivity index (χ2v) is 3.54. The predicted octanol–water partition coefficient (Wildman–Crippen LogP) is -0.235. The minimum Gasteiger partial charge on any atom is -0.368 e. The molecule has 0 saturated carbocycles. The maximum atomic E-state index is 5.61. The van der Waals surface area contributed by atoms with E-state index in [2.05, 4.69) is 19.9 Å². The zero-order chi connectivity index (χ0) is 11.5. The standard InChI is InChI=1S/C9H13N7/c1-15(2)9-13-7(12-8(10)14-9)5-16-4-3-11-6-16/h3-4,6H,5H2,1-2H3,(H2,10,12,13,14). The number of imidazole rings is 1. The Hall–Kier alpha value is -2.18. The van der Waals surface area contributed by atoms with Gasteiger partial charge in [-0.2, -0.15) is 15.0 Å². The Morgan fingerprint density at radius 3 is 2.75 bits per heavy atom. The van der Waals surface area contributed by atoms with Crippen LogP contribution in [0.5, 0.6) is 0 Å². The molecule has 2 heterocycles. The zero-order valence-corrected chi connectivity index (χ0v) is 9.20. The average molecular weight is 219 g/mol. The van der Waals surface area contributed by atoms with E-state index in [0.717, 1.165) is 0 Å². The van der Waals surface area contributed by atoms with Crippen LogP contribution in [0, 0.1) is 0 Å². The van der Waals surface area contributed by atoms with Gasteiger partial charge < -0.3 is 15.2 Å². The molecule has 16 heavy (non-hydrogen) atoms. The third-order valence-corrected chi connectivity index (χ3v) is 1.97. The number of hydrogen-bond acceptors (Lipinski definition) is 6. The van der Waals surface area contributed by atoms with Crippen LogP contribution in [0.25, 0.3) is 0 Å². The van der Waals surface area contributed by atoms with Gasteiger partial charge in [-0.05, 0) is 0 Å². The van der Waals surface area contributed by atoms with Crippen molar-refractivity contribution in [2.45, 2.75) is 6.54 Å². The molecule has 2 aromatic heterocycles. The number of nitrogen functional groups attached to an aromatic ring is 1. The van der Waals surface area contributed by atoms with E-state index in [1.807, 2.05) is 24.9 Å². The summed E-state index contributed by atoms with van der Waals surface area (Å²) < 4.78 is 1.87. The SMILES string of the molecule is CN(C)c1nc(N)nc(Cn2ccnc2)n1. The van der Waals surface area contributed by atoms with Crippen molar-refractivity contribution >= 4 is 11.9 Å². The van der Waals surface area contributed by atoms with E-state index >= 15 is 0 Å². The fourth-order valence-electron chi connectivity index (χ4n) is 1.24. The second kappa shape index (κ2) is 4.13. The summed E-state index contributed by atoms with van der Waals surface area (Å²) in [6, 6.07) is 0. The third-order valence-electron chi connectivity index (χ3n) is 1.97. The Labute approximate surface area is 93.0 Å². The summed E-state index contributed by atoms with van der Waals surface area (Å²) in [7, 11) is 3.71. The molecule has 84 valence electrons. The molecule has 0 aliphatic rings. The van der Waals surface area contributed by atoms with Crippen LogP contribution in [0.15, 0.2) is 18.7 Å². The van der Waals surface area contributed by atoms with Gasteiger partial charge in [0, 0.05) is 26.5 Å². The fourth-order valence-corrected chi connectivity index (χ4v) is 1.24. The maximum absolute atomic E-state index is 5.61. The number of nitrogens with zero attached hydrogens (tertiary/aromatic N) is 6. The molecular weight excluding hydrogens is 206 g/mol. The molecule has 0 aliphatic heterocycles. The first kappa shape index (κ1) is 10.3. The first-order valence-electron chi connectivity index (χ1n) is 4.78. The van der Waals surface area contributed by atoms with E-state index in [1.165, 1.54) is 0 Å². The molecule has 0 bridgehead atoms. The average Bonchev–Trinajstić information content (AvgIpc) is 2.69. The summed E-state index contributed by atoms with van der Waals surface area (Å²) in [5.41, 5.74) is 5.61. The predicted molar refractivity (Wildman–Crippen MR) is 59.9 cm³/mol. The Morgan fingerprint density at radius 1 is 1.31 bits per heavy atom. The molecule has 0 aromatic carbocycles. The van der Waals surface area contributed by atoms with E-state index in [0.29, 0.717) is 18.3 Å². The molecule has 7 nitrogen and oxygen atoms in total. The van der Waals surface area contributed by atoms with Crippen molar-refractivity contribution in [2.75, 3.05) is 24.7 Å². The lowest BCUT2D eigenvalue weighted by Crippen LogP contribution is -2.17. The molecule has 0 spiro atoms. The third kappa shape index (κ3) is 2.25. The number of anilines is 2. The van der Waals surface area contributed by atoms with Crippen molar-refractivity contribution in [3.05, 3.63) is 24.5 Å². The molecule has 0 saturated heterocycles. The maximum Gasteiger partial charge on any atom is 0.229 e. The van der Waals surface area contributed by atoms with Gasteiger partial charge in [0.2, 0.25) is 11.9 Å². The first-order chi connectivity index (χ1) is 7.65. The second-order valence-electron chi connectivity index (χ2n) is 3.54. The van der Waals surface area contributed by atoms with E-state index in [1.54, 1.807) is 17.4 Å². The van der Waals surface area contributed by atoms with Crippen molar-refractivity contribution in [2.24, 2.45) is 0 Å². The lowest BCUT2D eigenvalue weighted by Gasteiger charge is -2.11. The smallest absolute Gasteiger partial charge is 0.229 e. The first-order valence-corrected chi connectivity index (χ1v) is 4.78. The van der Waals surface area contributed by atoms with Crippen molar-refractivity contribution in [3.63, 3.8) is 0 Å². The van der Waals surface area contributed by atoms with Gasteiger partial charge in [-0.3, -0.25) is 0 Å². The highest BCUT2D eigenvalue weighted by atomic mass is 15.3. The molecule has 2 aromatic rings. The van der Waals surface area contributed by atoms with Crippen molar-refractivity contribution in [3.8, 4) is 0 Å². The van der Waals surface area contributed by atoms with Crippen LogP contribution < -0.4 is 10.6 Å². The summed E-state index contributed by atoms with van der Waals surface area (Å²) >= 11 is 0. The summed E-state index contributed by atoms with van der Waals surface area (Å²) in [5, 5.41) is 0. The van der Waals surface area contributed by atoms with Crippen molar-refractivity contribution in [1.82, 2.24) is 24.5 Å². The zero-order valence-electron chi connectivity index (χ0n) is 9.20. The summed E-state index contributed by atoms with van der Waals surface area (Å²) in [6.45, 7) is 0.535. The molecule has 0 fully saturated rings. The molecule has 2 N–H and O–H groups in total. The lowest BCUT2D eigenvalue weighted by molar-refractivity contribution is 0.733. The van der Waals surface area contributed by atoms with Crippen LogP contribution >= 0.6 is 0 Å². The molecule has 2 rings (SSSR count). The number of nitrogens with two attached hydrogens (primary N) is 1. The lowest BCUT2D eigenvalue weighted by atomic mass is 10.5. The topological polar surface area (TPSA) is 85.8 Å². The Morgan fingerprint density at radius 2 is 2.12 bits per heavy atom. The summed E-state index contributed by atoms with van der Waals surface area (Å²) in [6.07, 6.45) is 5.25. The Bertz CT molecular complexity index is 463. The van der Waals surface area contributed by atoms with Crippen LogP contribution in [0.2, 0.25) is 0 Å². The van der Waals surface area contributed by atoms with Gasteiger partial charge in [0.15, 0.2) is 5.82 Å². The number of rotatable bonds is 3. The summed E-state index contributed by atoms with van der Waals surface area (Å²) in [4.78, 5) is 18.1. The van der Waals surface area contributed by atoms with Crippen LogP contribution in [0.3, 0.4) is 0 Å². The van der Waals surface area contributed by atoms with Crippen LogP contribution in [-0.4, -0.2) is 38.6 Å². The van der Waals surface area contributed by atoms with Gasteiger partial charge in [0.1, 0.15) is 0 Å². The highest BCUT2D eigenvalue weighted by Gasteiger charge is 2.06. The molecule has 0 unspecified atom stereocenters. The minimum atomic E-state index is 0.230. The fraction of sp³-hybridized carbons (Fsp3) is 0.333. The largest absolute Gasteiger partial charge is 0.368 e. The highest BCUT2D eigenvalue weighted by molar-refractivity contribution is 5.32. The van der Waals surface area contributed by atoms with Gasteiger partial charge in [0.05, 0.1) is 12.9 Å². The van der Waals surface area contributed by atoms with Crippen LogP contribution in [0.4, 0.5) is 11.9 Å². The molecule has 0 atom stereocenters. The van der Waals surface area contributed by atoms with E-state index < -0.39 is 0 Å². The summed E-state index contributed by atoms with van der Waals surface area (Å²) in [5.74, 6) is 1.41. The number of aromatic nitrogens is 5. The van der Waals surface area contributed by atoms with E-state index in [-0.39, 0.29) is 5.95 Å². The van der Waals surface area contributed by atoms with Gasteiger partial charge in [-0.1, -0.05) is 0 Å². The molecule has 0 radical (unpaired) electrons. The minimum absolute atomic E-state index is 0.230. The normalized spacial score (nSPS) is 10.4. The monoisotopic (exact) mass is 219 g/mol. The van der Waals surface area contributed by atoms with Crippen molar-refractivity contribution < 1.29 is 0 Å². The molecule has 0 amide bonds. The Kier molecular flexibility index (Phi) is 2.67. The number of hydrogen-bond donors (Lipinski definition) is 1. The highest BCUT2D eigenvalue weighted by Crippen LogP contribution is 2.06. The quantitative estimate of drug-likeness (QED) is 0.767. The molecule has 7 heteroatoms. The van der Waals surface area contributed by atoms with Gasteiger partial charge >= 0.3 is 0 Å². The van der Waals surface area contributed by atoms with Crippen LogP contribution in [0.1, 0.15) is 5.82 Å². The van der Waals surface area contributed by atoms with Crippen molar-refractivity contribution in [1.29, 1.82) is 0 Å². The van der Waals surface area contributed by atoms with Gasteiger partial charge in [-0.25, -0.2) is 4.98 Å². The van der Waals surface area contributed by atoms with E-state index in [4.69, 9.17) is 5.73 Å². The molecular formula is C9H13N7. The van der Waals surface area contributed by atoms with Gasteiger partial charge in [0.25, 0.3) is 0 Å². The van der Waals surface area contributed by atoms with Gasteiger partial charge in [-0.15, -0.1) is 0 Å². The van der Waals surface area contributed by atoms with Crippen LogP contribution in [-0.2, 0) is 6.54 Å². The Balaban J connectivity index is 2.27. The van der Waals surface area contributed by atoms with E-state index in [9.17, 15) is 0 Å². The molecule has 0 aliphatic carbocycles.